The van der Waals surface area contributed by atoms with E-state index in [1.165, 1.54) is 0 Å². The number of fused-ring (bicyclic) bond motifs is 1. The summed E-state index contributed by atoms with van der Waals surface area (Å²) in [4.78, 5) is 82.9. The minimum absolute atomic E-state index is 0.00357. The van der Waals surface area contributed by atoms with Gasteiger partial charge in [-0.05, 0) is 50.7 Å². The standard InChI is InChI=1S/C32H46N6O7/c1-17(2)12-22-29(42)35-23(13-19-15-33-21-11-9-8-10-20(19)21)30(43)36-24(14-26(40)45-32(5,6)7)28(41)34-16-25(39)38-27(18(3)4)31(44)37-22/h8-11,15,17-18,22-24,27,33H,12-14,16H2,1-7H3,(H,34,41)(H,35,42)(H,36,43)(H,37,44)(H,38,39)/t22-,23+,24+,27+/m0/s1. The first-order valence-electron chi connectivity index (χ1n) is 15.3. The fraction of sp³-hybridized carbons (Fsp3) is 0.562. The SMILES string of the molecule is CC(C)C[C@@H]1NC(=O)[C@@H](C(C)C)NC(=O)CNC(=O)[C@@H](CC(=O)OC(C)(C)C)NC(=O)[C@@H](Cc2c[nH]c3ccccc23)NC1=O. The molecule has 0 unspecified atom stereocenters. The van der Waals surface area contributed by atoms with Crippen LogP contribution in [0.25, 0.3) is 10.9 Å². The first-order chi connectivity index (χ1) is 21.0. The lowest BCUT2D eigenvalue weighted by Gasteiger charge is -2.27. The number of aromatic nitrogens is 1. The van der Waals surface area contributed by atoms with Crippen molar-refractivity contribution in [3.8, 4) is 0 Å². The van der Waals surface area contributed by atoms with E-state index in [0.717, 1.165) is 16.5 Å². The van der Waals surface area contributed by atoms with E-state index >= 15 is 0 Å². The van der Waals surface area contributed by atoms with Crippen LogP contribution in [0.4, 0.5) is 0 Å². The zero-order chi connectivity index (χ0) is 33.5. The van der Waals surface area contributed by atoms with Crippen LogP contribution in [-0.4, -0.2) is 76.8 Å². The zero-order valence-electron chi connectivity index (χ0n) is 27.0. The molecule has 0 aliphatic carbocycles. The summed E-state index contributed by atoms with van der Waals surface area (Å²) >= 11 is 0. The Hall–Kier alpha value is -4.42. The summed E-state index contributed by atoms with van der Waals surface area (Å²) in [7, 11) is 0. The van der Waals surface area contributed by atoms with Crippen LogP contribution in [0.5, 0.6) is 0 Å². The van der Waals surface area contributed by atoms with Gasteiger partial charge in [0.15, 0.2) is 0 Å². The van der Waals surface area contributed by atoms with Crippen molar-refractivity contribution in [2.75, 3.05) is 6.54 Å². The Kier molecular flexibility index (Phi) is 11.7. The zero-order valence-corrected chi connectivity index (χ0v) is 27.0. The van der Waals surface area contributed by atoms with Crippen molar-refractivity contribution in [1.82, 2.24) is 31.6 Å². The topological polar surface area (TPSA) is 188 Å². The highest BCUT2D eigenvalue weighted by Crippen LogP contribution is 2.20. The maximum absolute atomic E-state index is 13.8. The van der Waals surface area contributed by atoms with Crippen molar-refractivity contribution < 1.29 is 33.5 Å². The third-order valence-corrected chi connectivity index (χ3v) is 7.18. The van der Waals surface area contributed by atoms with E-state index in [9.17, 15) is 28.8 Å². The van der Waals surface area contributed by atoms with Crippen molar-refractivity contribution >= 4 is 46.4 Å². The molecule has 2 heterocycles. The normalized spacial score (nSPS) is 22.6. The molecule has 1 aromatic heterocycles. The number of aromatic amines is 1. The number of benzene rings is 1. The number of H-pyrrole nitrogens is 1. The molecule has 13 heteroatoms. The molecule has 1 aliphatic rings. The van der Waals surface area contributed by atoms with E-state index in [2.05, 4.69) is 31.6 Å². The van der Waals surface area contributed by atoms with Crippen LogP contribution in [0.3, 0.4) is 0 Å². The predicted molar refractivity (Wildman–Crippen MR) is 167 cm³/mol. The molecule has 0 saturated carbocycles. The van der Waals surface area contributed by atoms with Gasteiger partial charge in [-0.1, -0.05) is 45.9 Å². The Morgan fingerprint density at radius 1 is 0.844 bits per heavy atom. The number of carbonyl (C=O) groups excluding carboxylic acids is 6. The van der Waals surface area contributed by atoms with Crippen molar-refractivity contribution in [2.24, 2.45) is 11.8 Å². The molecule has 1 fully saturated rings. The van der Waals surface area contributed by atoms with Crippen LogP contribution in [0.2, 0.25) is 0 Å². The Morgan fingerprint density at radius 2 is 1.47 bits per heavy atom. The molecule has 6 N–H and O–H groups in total. The van der Waals surface area contributed by atoms with E-state index in [0.29, 0.717) is 0 Å². The molecule has 246 valence electrons. The highest BCUT2D eigenvalue weighted by Gasteiger charge is 2.35. The molecule has 1 aliphatic heterocycles. The van der Waals surface area contributed by atoms with E-state index in [1.807, 2.05) is 38.1 Å². The second-order valence-corrected chi connectivity index (χ2v) is 13.2. The Balaban J connectivity index is 2.03. The van der Waals surface area contributed by atoms with Crippen molar-refractivity contribution in [3.05, 3.63) is 36.0 Å². The van der Waals surface area contributed by atoms with Crippen LogP contribution in [0, 0.1) is 11.8 Å². The lowest BCUT2D eigenvalue weighted by Crippen LogP contribution is -2.59. The summed E-state index contributed by atoms with van der Waals surface area (Å²) in [5.74, 6) is -4.46. The fourth-order valence-corrected chi connectivity index (χ4v) is 5.05. The molecule has 2 aromatic rings. The van der Waals surface area contributed by atoms with Gasteiger partial charge < -0.3 is 36.3 Å². The highest BCUT2D eigenvalue weighted by molar-refractivity contribution is 5.98. The van der Waals surface area contributed by atoms with E-state index in [-0.39, 0.29) is 24.7 Å². The molecular weight excluding hydrogens is 580 g/mol. The van der Waals surface area contributed by atoms with Gasteiger partial charge in [0, 0.05) is 23.5 Å². The molecule has 0 spiro atoms. The third-order valence-electron chi connectivity index (χ3n) is 7.18. The lowest BCUT2D eigenvalue weighted by atomic mass is 9.99. The number of amides is 5. The molecule has 4 atom stereocenters. The number of rotatable bonds is 7. The number of ether oxygens (including phenoxy) is 1. The van der Waals surface area contributed by atoms with Crippen LogP contribution < -0.4 is 26.6 Å². The number of esters is 1. The molecule has 1 saturated heterocycles. The molecule has 1 aromatic carbocycles. The number of carbonyl (C=O) groups is 6. The van der Waals surface area contributed by atoms with Crippen LogP contribution in [0.15, 0.2) is 30.5 Å². The van der Waals surface area contributed by atoms with E-state index in [1.54, 1.807) is 40.8 Å². The second kappa shape index (κ2) is 15.0. The van der Waals surface area contributed by atoms with Gasteiger partial charge in [-0.2, -0.15) is 0 Å². The number of nitrogens with one attached hydrogen (secondary N) is 6. The number of para-hydroxylation sites is 1. The minimum Gasteiger partial charge on any atom is -0.460 e. The van der Waals surface area contributed by atoms with Gasteiger partial charge in [-0.15, -0.1) is 0 Å². The number of hydrogen-bond acceptors (Lipinski definition) is 7. The van der Waals surface area contributed by atoms with Gasteiger partial charge in [0.05, 0.1) is 13.0 Å². The molecule has 5 amide bonds. The summed E-state index contributed by atoms with van der Waals surface area (Å²) in [5, 5.41) is 14.0. The molecular formula is C32H46N6O7. The van der Waals surface area contributed by atoms with Crippen LogP contribution in [0.1, 0.15) is 66.9 Å². The van der Waals surface area contributed by atoms with Gasteiger partial charge in [0.2, 0.25) is 29.5 Å². The molecule has 13 nitrogen and oxygen atoms in total. The first kappa shape index (κ1) is 35.1. The largest absolute Gasteiger partial charge is 0.460 e. The predicted octanol–water partition coefficient (Wildman–Crippen LogP) is 1.21. The summed E-state index contributed by atoms with van der Waals surface area (Å²) < 4.78 is 5.38. The number of hydrogen-bond donors (Lipinski definition) is 6. The van der Waals surface area contributed by atoms with Gasteiger partial charge in [-0.3, -0.25) is 28.8 Å². The first-order valence-corrected chi connectivity index (χ1v) is 15.3. The molecule has 0 radical (unpaired) electrons. The minimum atomic E-state index is -1.42. The Labute approximate surface area is 263 Å². The Morgan fingerprint density at radius 3 is 2.11 bits per heavy atom. The van der Waals surface area contributed by atoms with E-state index in [4.69, 9.17) is 4.74 Å². The van der Waals surface area contributed by atoms with Gasteiger partial charge in [-0.25, -0.2) is 0 Å². The van der Waals surface area contributed by atoms with Crippen LogP contribution >= 0.6 is 0 Å². The summed E-state index contributed by atoms with van der Waals surface area (Å²) in [6.07, 6.45) is 1.52. The quantitative estimate of drug-likeness (QED) is 0.249. The monoisotopic (exact) mass is 626 g/mol. The average molecular weight is 627 g/mol. The smallest absolute Gasteiger partial charge is 0.308 e. The maximum Gasteiger partial charge on any atom is 0.308 e. The summed E-state index contributed by atoms with van der Waals surface area (Å²) in [6, 6.07) is 2.85. The fourth-order valence-electron chi connectivity index (χ4n) is 5.05. The van der Waals surface area contributed by atoms with E-state index < -0.39 is 78.2 Å². The molecule has 0 bridgehead atoms. The van der Waals surface area contributed by atoms with Crippen LogP contribution in [-0.2, 0) is 39.9 Å². The van der Waals surface area contributed by atoms with Crippen molar-refractivity contribution in [1.29, 1.82) is 0 Å². The van der Waals surface area contributed by atoms with Gasteiger partial charge >= 0.3 is 5.97 Å². The average Bonchev–Trinajstić information content (AvgIpc) is 3.34. The second-order valence-electron chi connectivity index (χ2n) is 13.2. The summed E-state index contributed by atoms with van der Waals surface area (Å²) in [5.41, 5.74) is 0.719. The van der Waals surface area contributed by atoms with Crippen molar-refractivity contribution in [2.45, 2.75) is 97.5 Å². The van der Waals surface area contributed by atoms with Gasteiger partial charge in [0.25, 0.3) is 0 Å². The molecule has 45 heavy (non-hydrogen) atoms. The molecule has 3 rings (SSSR count). The van der Waals surface area contributed by atoms with Gasteiger partial charge in [0.1, 0.15) is 29.8 Å². The lowest BCUT2D eigenvalue weighted by molar-refractivity contribution is -0.156. The van der Waals surface area contributed by atoms with Crippen molar-refractivity contribution in [3.63, 3.8) is 0 Å². The highest BCUT2D eigenvalue weighted by atomic mass is 16.6. The Bertz CT molecular complexity index is 1410. The summed E-state index contributed by atoms with van der Waals surface area (Å²) in [6.45, 7) is 11.8. The third kappa shape index (κ3) is 10.3. The maximum atomic E-state index is 13.8.